The molecule has 2 aromatic carbocycles. The first-order valence-electron chi connectivity index (χ1n) is 8.94. The van der Waals surface area contributed by atoms with E-state index in [1.807, 2.05) is 19.2 Å². The Morgan fingerprint density at radius 3 is 2.93 bits per heavy atom. The summed E-state index contributed by atoms with van der Waals surface area (Å²) < 4.78 is 15.9. The summed E-state index contributed by atoms with van der Waals surface area (Å²) in [6, 6.07) is 13.2. The van der Waals surface area contributed by atoms with Gasteiger partial charge in [-0.3, -0.25) is 4.79 Å². The second-order valence-corrected chi connectivity index (χ2v) is 6.72. The van der Waals surface area contributed by atoms with Gasteiger partial charge in [0.05, 0.1) is 18.1 Å². The zero-order chi connectivity index (χ0) is 18.8. The number of nitrogens with zero attached hydrogens (tertiary/aromatic N) is 3. The summed E-state index contributed by atoms with van der Waals surface area (Å²) in [4.78, 5) is 18.3. The number of benzene rings is 2. The van der Waals surface area contributed by atoms with Gasteiger partial charge in [0.15, 0.2) is 0 Å². The maximum atomic E-state index is 14.3. The number of likely N-dealkylation sites (N-methyl/N-ethyl adjacent to an activating group) is 1. The van der Waals surface area contributed by atoms with Crippen LogP contribution in [0.3, 0.4) is 0 Å². The number of fused-ring (bicyclic) bond motifs is 1. The van der Waals surface area contributed by atoms with Crippen molar-refractivity contribution in [3.8, 4) is 5.69 Å². The highest BCUT2D eigenvalue weighted by atomic mass is 19.1. The molecule has 1 unspecified atom stereocenters. The van der Waals surface area contributed by atoms with Crippen molar-refractivity contribution in [2.45, 2.75) is 18.9 Å². The van der Waals surface area contributed by atoms with E-state index in [1.54, 1.807) is 46.4 Å². The molecule has 5 heteroatoms. The third-order valence-corrected chi connectivity index (χ3v) is 5.09. The molecule has 1 amide bonds. The smallest absolute Gasteiger partial charge is 0.246 e. The van der Waals surface area contributed by atoms with Crippen molar-refractivity contribution in [1.82, 2.24) is 14.5 Å². The van der Waals surface area contributed by atoms with Crippen LogP contribution in [-0.2, 0) is 11.2 Å². The molecule has 0 bridgehead atoms. The summed E-state index contributed by atoms with van der Waals surface area (Å²) in [5.41, 5.74) is 3.60. The Morgan fingerprint density at radius 2 is 2.15 bits per heavy atom. The highest BCUT2D eigenvalue weighted by molar-refractivity contribution is 5.92. The van der Waals surface area contributed by atoms with E-state index >= 15 is 0 Å². The Kier molecular flexibility index (Phi) is 4.59. The summed E-state index contributed by atoms with van der Waals surface area (Å²) in [6.45, 7) is 0. The van der Waals surface area contributed by atoms with Crippen LogP contribution in [0.4, 0.5) is 4.39 Å². The van der Waals surface area contributed by atoms with Crippen LogP contribution >= 0.6 is 0 Å². The zero-order valence-corrected chi connectivity index (χ0v) is 15.0. The first-order chi connectivity index (χ1) is 13.1. The van der Waals surface area contributed by atoms with E-state index in [0.29, 0.717) is 11.3 Å². The molecule has 1 aliphatic carbocycles. The van der Waals surface area contributed by atoms with Gasteiger partial charge in [-0.1, -0.05) is 30.3 Å². The van der Waals surface area contributed by atoms with Crippen LogP contribution in [0.25, 0.3) is 11.8 Å². The molecule has 4 rings (SSSR count). The number of aryl methyl sites for hydroxylation is 1. The van der Waals surface area contributed by atoms with Crippen LogP contribution in [0.2, 0.25) is 0 Å². The van der Waals surface area contributed by atoms with E-state index in [2.05, 4.69) is 17.1 Å². The highest BCUT2D eigenvalue weighted by Gasteiger charge is 2.27. The van der Waals surface area contributed by atoms with Gasteiger partial charge in [0.25, 0.3) is 0 Å². The van der Waals surface area contributed by atoms with E-state index in [0.717, 1.165) is 12.8 Å². The van der Waals surface area contributed by atoms with Gasteiger partial charge < -0.3 is 9.47 Å². The predicted octanol–water partition coefficient (Wildman–Crippen LogP) is 4.17. The van der Waals surface area contributed by atoms with Crippen molar-refractivity contribution in [3.05, 3.63) is 89.8 Å². The minimum absolute atomic E-state index is 0.0872. The van der Waals surface area contributed by atoms with Gasteiger partial charge in [0.2, 0.25) is 5.91 Å². The Morgan fingerprint density at radius 1 is 1.30 bits per heavy atom. The lowest BCUT2D eigenvalue weighted by Gasteiger charge is -2.24. The molecule has 0 aliphatic heterocycles. The van der Waals surface area contributed by atoms with Crippen LogP contribution in [-0.4, -0.2) is 27.4 Å². The maximum Gasteiger partial charge on any atom is 0.246 e. The number of hydrogen-bond donors (Lipinski definition) is 0. The normalized spacial score (nSPS) is 15.9. The Hall–Kier alpha value is -3.21. The number of imidazole rings is 1. The second kappa shape index (κ2) is 7.19. The average Bonchev–Trinajstić information content (AvgIpc) is 3.35. The molecule has 0 spiro atoms. The van der Waals surface area contributed by atoms with Crippen LogP contribution in [0.15, 0.2) is 67.3 Å². The third-order valence-electron chi connectivity index (χ3n) is 5.09. The van der Waals surface area contributed by atoms with Gasteiger partial charge >= 0.3 is 0 Å². The fraction of sp³-hybridized carbons (Fsp3) is 0.182. The van der Waals surface area contributed by atoms with Crippen LogP contribution in [0, 0.1) is 5.82 Å². The summed E-state index contributed by atoms with van der Waals surface area (Å²) in [7, 11) is 1.82. The summed E-state index contributed by atoms with van der Waals surface area (Å²) in [5, 5.41) is 0. The molecule has 4 nitrogen and oxygen atoms in total. The number of hydrogen-bond acceptors (Lipinski definition) is 2. The lowest BCUT2D eigenvalue weighted by Crippen LogP contribution is -2.28. The maximum absolute atomic E-state index is 14.3. The lowest BCUT2D eigenvalue weighted by atomic mass is 10.1. The lowest BCUT2D eigenvalue weighted by molar-refractivity contribution is -0.126. The van der Waals surface area contributed by atoms with Gasteiger partial charge in [0.1, 0.15) is 5.82 Å². The van der Waals surface area contributed by atoms with E-state index in [4.69, 9.17) is 0 Å². The van der Waals surface area contributed by atoms with E-state index in [-0.39, 0.29) is 17.8 Å². The number of rotatable bonds is 4. The highest BCUT2D eigenvalue weighted by Crippen LogP contribution is 2.34. The molecule has 1 atom stereocenters. The topological polar surface area (TPSA) is 38.1 Å². The Balaban J connectivity index is 1.48. The van der Waals surface area contributed by atoms with Gasteiger partial charge in [-0.15, -0.1) is 0 Å². The fourth-order valence-electron chi connectivity index (χ4n) is 3.61. The van der Waals surface area contributed by atoms with Crippen molar-refractivity contribution in [2.75, 3.05) is 7.05 Å². The van der Waals surface area contributed by atoms with Crippen LogP contribution in [0.5, 0.6) is 0 Å². The molecule has 1 aromatic heterocycles. The van der Waals surface area contributed by atoms with E-state index in [1.165, 1.54) is 23.3 Å². The molecular formula is C22H20FN3O. The van der Waals surface area contributed by atoms with Gasteiger partial charge in [-0.2, -0.15) is 0 Å². The fourth-order valence-corrected chi connectivity index (χ4v) is 3.61. The molecule has 136 valence electrons. The largest absolute Gasteiger partial charge is 0.335 e. The molecule has 0 radical (unpaired) electrons. The summed E-state index contributed by atoms with van der Waals surface area (Å²) in [6.07, 6.45) is 9.92. The minimum Gasteiger partial charge on any atom is -0.335 e. The van der Waals surface area contributed by atoms with Gasteiger partial charge in [-0.25, -0.2) is 9.37 Å². The Labute approximate surface area is 157 Å². The molecule has 0 saturated heterocycles. The van der Waals surface area contributed by atoms with Crippen molar-refractivity contribution >= 4 is 12.0 Å². The number of carbonyl (C=O) groups is 1. The summed E-state index contributed by atoms with van der Waals surface area (Å²) in [5.74, 6) is -0.448. The van der Waals surface area contributed by atoms with Crippen molar-refractivity contribution in [1.29, 1.82) is 0 Å². The monoisotopic (exact) mass is 361 g/mol. The SMILES string of the molecule is CN(C(=O)/C=C/c1ccc(-n2ccnc2)c(F)c1)C1CCc2ccccc21. The van der Waals surface area contributed by atoms with Crippen LogP contribution < -0.4 is 0 Å². The molecular weight excluding hydrogens is 341 g/mol. The quantitative estimate of drug-likeness (QED) is 0.654. The number of carbonyl (C=O) groups excluding carboxylic acids is 1. The predicted molar refractivity (Wildman–Crippen MR) is 103 cm³/mol. The van der Waals surface area contributed by atoms with Crippen LogP contribution in [0.1, 0.15) is 29.2 Å². The molecule has 0 saturated carbocycles. The van der Waals surface area contributed by atoms with E-state index < -0.39 is 0 Å². The van der Waals surface area contributed by atoms with Crippen molar-refractivity contribution < 1.29 is 9.18 Å². The number of amides is 1. The number of aromatic nitrogens is 2. The molecule has 0 N–H and O–H groups in total. The molecule has 1 heterocycles. The molecule has 1 aliphatic rings. The first-order valence-corrected chi connectivity index (χ1v) is 8.94. The third kappa shape index (κ3) is 3.40. The summed E-state index contributed by atoms with van der Waals surface area (Å²) >= 11 is 0. The number of halogens is 1. The van der Waals surface area contributed by atoms with Gasteiger partial charge in [-0.05, 0) is 47.7 Å². The molecule has 0 fully saturated rings. The zero-order valence-electron chi connectivity index (χ0n) is 15.0. The second-order valence-electron chi connectivity index (χ2n) is 6.72. The first kappa shape index (κ1) is 17.2. The minimum atomic E-state index is -0.360. The van der Waals surface area contributed by atoms with Crippen molar-refractivity contribution in [3.63, 3.8) is 0 Å². The van der Waals surface area contributed by atoms with Crippen molar-refractivity contribution in [2.24, 2.45) is 0 Å². The van der Waals surface area contributed by atoms with Gasteiger partial charge in [0, 0.05) is 25.5 Å². The molecule has 3 aromatic rings. The molecule has 27 heavy (non-hydrogen) atoms. The standard InChI is InChI=1S/C22H20FN3O/c1-25(20-10-8-17-4-2-3-5-18(17)20)22(27)11-7-16-6-9-21(19(23)14-16)26-13-12-24-15-26/h2-7,9,11-15,20H,8,10H2,1H3/b11-7+. The average molecular weight is 361 g/mol. The Bertz CT molecular complexity index is 995. The van der Waals surface area contributed by atoms with E-state index in [9.17, 15) is 9.18 Å².